The first-order valence-corrected chi connectivity index (χ1v) is 12.7. The molecule has 3 rings (SSSR count). The van der Waals surface area contributed by atoms with Crippen LogP contribution in [0.3, 0.4) is 0 Å². The van der Waals surface area contributed by atoms with Gasteiger partial charge in [0.1, 0.15) is 6.54 Å². The summed E-state index contributed by atoms with van der Waals surface area (Å²) in [7, 11) is 0. The van der Waals surface area contributed by atoms with Crippen molar-refractivity contribution < 1.29 is 9.59 Å². The fraction of sp³-hybridized carbons (Fsp3) is 0.280. The van der Waals surface area contributed by atoms with Crippen molar-refractivity contribution in [3.8, 4) is 0 Å². The lowest BCUT2D eigenvalue weighted by molar-refractivity contribution is -0.133. The van der Waals surface area contributed by atoms with Gasteiger partial charge in [-0.15, -0.1) is 23.1 Å². The third kappa shape index (κ3) is 7.14. The van der Waals surface area contributed by atoms with Crippen molar-refractivity contribution in [2.24, 2.45) is 0 Å². The van der Waals surface area contributed by atoms with Gasteiger partial charge in [0.05, 0.1) is 6.54 Å². The van der Waals surface area contributed by atoms with Gasteiger partial charge in [0.2, 0.25) is 5.91 Å². The van der Waals surface area contributed by atoms with Crippen LogP contribution in [0.2, 0.25) is 0 Å². The number of carbonyl (C=O) groups excluding carboxylic acids is 2. The summed E-state index contributed by atoms with van der Waals surface area (Å²) in [6, 6.07) is 21.4. The summed E-state index contributed by atoms with van der Waals surface area (Å²) in [5, 5.41) is 4.94. The van der Waals surface area contributed by atoms with E-state index in [1.54, 1.807) is 28.0 Å². The second-order valence-corrected chi connectivity index (χ2v) is 9.31. The number of benzene rings is 2. The van der Waals surface area contributed by atoms with E-state index >= 15 is 0 Å². The van der Waals surface area contributed by atoms with Crippen LogP contribution in [0, 0.1) is 0 Å². The van der Waals surface area contributed by atoms with E-state index in [-0.39, 0.29) is 18.5 Å². The standard InChI is InChI=1S/C25H29N3O2S2/c1-3-15-27(25(30)26-21-11-13-22(31-2)14-12-21)19-24(29)28(18-23-10-7-16-32-23)17-20-8-5-4-6-9-20/h4-14,16H,3,15,17-19H2,1-2H3,(H,26,30). The summed E-state index contributed by atoms with van der Waals surface area (Å²) < 4.78 is 0. The highest BCUT2D eigenvalue weighted by Crippen LogP contribution is 2.18. The van der Waals surface area contributed by atoms with Gasteiger partial charge in [-0.25, -0.2) is 4.79 Å². The Morgan fingerprint density at radius 2 is 1.69 bits per heavy atom. The van der Waals surface area contributed by atoms with E-state index in [0.29, 0.717) is 19.6 Å². The van der Waals surface area contributed by atoms with Gasteiger partial charge in [-0.1, -0.05) is 43.3 Å². The van der Waals surface area contributed by atoms with Crippen LogP contribution in [0.4, 0.5) is 10.5 Å². The summed E-state index contributed by atoms with van der Waals surface area (Å²) in [5.74, 6) is -0.0661. The number of urea groups is 1. The Labute approximate surface area is 198 Å². The Kier molecular flexibility index (Phi) is 9.19. The second kappa shape index (κ2) is 12.3. The number of nitrogens with zero attached hydrogens (tertiary/aromatic N) is 2. The Balaban J connectivity index is 1.70. The molecular weight excluding hydrogens is 438 g/mol. The molecule has 2 aromatic carbocycles. The van der Waals surface area contributed by atoms with Crippen LogP contribution in [0.25, 0.3) is 0 Å². The number of carbonyl (C=O) groups is 2. The minimum Gasteiger partial charge on any atom is -0.332 e. The summed E-state index contributed by atoms with van der Waals surface area (Å²) in [4.78, 5) is 31.9. The lowest BCUT2D eigenvalue weighted by Gasteiger charge is -2.27. The highest BCUT2D eigenvalue weighted by molar-refractivity contribution is 7.98. The van der Waals surface area contributed by atoms with Crippen LogP contribution in [0.1, 0.15) is 23.8 Å². The van der Waals surface area contributed by atoms with Gasteiger partial charge < -0.3 is 15.1 Å². The molecule has 7 heteroatoms. The molecule has 0 fully saturated rings. The molecular formula is C25H29N3O2S2. The van der Waals surface area contributed by atoms with Crippen molar-refractivity contribution in [2.45, 2.75) is 31.3 Å². The van der Waals surface area contributed by atoms with E-state index in [2.05, 4.69) is 5.32 Å². The van der Waals surface area contributed by atoms with Crippen LogP contribution >= 0.6 is 23.1 Å². The van der Waals surface area contributed by atoms with E-state index in [9.17, 15) is 9.59 Å². The molecule has 32 heavy (non-hydrogen) atoms. The molecule has 3 amide bonds. The maximum Gasteiger partial charge on any atom is 0.322 e. The lowest BCUT2D eigenvalue weighted by Crippen LogP contribution is -2.44. The van der Waals surface area contributed by atoms with Crippen LogP contribution < -0.4 is 5.32 Å². The van der Waals surface area contributed by atoms with Crippen molar-refractivity contribution in [3.63, 3.8) is 0 Å². The van der Waals surface area contributed by atoms with Gasteiger partial charge in [-0.3, -0.25) is 4.79 Å². The average Bonchev–Trinajstić information content (AvgIpc) is 3.32. The van der Waals surface area contributed by atoms with Crippen LogP contribution in [-0.4, -0.2) is 41.1 Å². The first-order chi connectivity index (χ1) is 15.6. The van der Waals surface area contributed by atoms with E-state index in [1.165, 1.54) is 0 Å². The number of nitrogens with one attached hydrogen (secondary N) is 1. The zero-order chi connectivity index (χ0) is 22.8. The Morgan fingerprint density at radius 3 is 2.31 bits per heavy atom. The first-order valence-electron chi connectivity index (χ1n) is 10.6. The molecule has 1 aromatic heterocycles. The predicted octanol–water partition coefficient (Wildman–Crippen LogP) is 5.94. The molecule has 1 heterocycles. The quantitative estimate of drug-likeness (QED) is 0.375. The van der Waals surface area contributed by atoms with Crippen LogP contribution in [0.15, 0.2) is 77.0 Å². The van der Waals surface area contributed by atoms with E-state index in [0.717, 1.165) is 27.4 Å². The smallest absolute Gasteiger partial charge is 0.322 e. The zero-order valence-electron chi connectivity index (χ0n) is 18.5. The van der Waals surface area contributed by atoms with Crippen molar-refractivity contribution in [1.29, 1.82) is 0 Å². The van der Waals surface area contributed by atoms with Gasteiger partial charge in [-0.2, -0.15) is 0 Å². The van der Waals surface area contributed by atoms with E-state index in [4.69, 9.17) is 0 Å². The molecule has 0 aliphatic rings. The fourth-order valence-electron chi connectivity index (χ4n) is 3.29. The number of rotatable bonds is 10. The molecule has 5 nitrogen and oxygen atoms in total. The van der Waals surface area contributed by atoms with Gasteiger partial charge >= 0.3 is 6.03 Å². The zero-order valence-corrected chi connectivity index (χ0v) is 20.1. The number of amides is 3. The highest BCUT2D eigenvalue weighted by Gasteiger charge is 2.22. The minimum absolute atomic E-state index is 0.0424. The molecule has 3 aromatic rings. The summed E-state index contributed by atoms with van der Waals surface area (Å²) >= 11 is 3.28. The van der Waals surface area contributed by atoms with Crippen LogP contribution in [0.5, 0.6) is 0 Å². The molecule has 0 saturated carbocycles. The Hall–Kier alpha value is -2.77. The van der Waals surface area contributed by atoms with Gasteiger partial charge in [0, 0.05) is 28.5 Å². The SMILES string of the molecule is CCCN(CC(=O)N(Cc1ccccc1)Cc1cccs1)C(=O)Nc1ccc(SC)cc1. The van der Waals surface area contributed by atoms with E-state index < -0.39 is 0 Å². The van der Waals surface area contributed by atoms with Gasteiger partial charge in [-0.05, 0) is 54.0 Å². The largest absolute Gasteiger partial charge is 0.332 e. The van der Waals surface area contributed by atoms with Crippen molar-refractivity contribution >= 4 is 40.7 Å². The molecule has 0 aliphatic heterocycles. The molecule has 1 N–H and O–H groups in total. The van der Waals surface area contributed by atoms with Gasteiger partial charge in [0.15, 0.2) is 0 Å². The third-order valence-corrected chi connectivity index (χ3v) is 6.55. The molecule has 0 saturated heterocycles. The van der Waals surface area contributed by atoms with Gasteiger partial charge in [0.25, 0.3) is 0 Å². The number of thioether (sulfide) groups is 1. The molecule has 0 radical (unpaired) electrons. The minimum atomic E-state index is -0.257. The monoisotopic (exact) mass is 467 g/mol. The van der Waals surface area contributed by atoms with E-state index in [1.807, 2.05) is 90.2 Å². The topological polar surface area (TPSA) is 52.7 Å². The number of hydrogen-bond acceptors (Lipinski definition) is 4. The third-order valence-electron chi connectivity index (χ3n) is 4.94. The van der Waals surface area contributed by atoms with Crippen molar-refractivity contribution in [3.05, 3.63) is 82.6 Å². The molecule has 0 aliphatic carbocycles. The first kappa shape index (κ1) is 23.9. The molecule has 0 spiro atoms. The molecule has 0 bridgehead atoms. The number of anilines is 1. The van der Waals surface area contributed by atoms with Crippen LogP contribution in [-0.2, 0) is 17.9 Å². The number of hydrogen-bond donors (Lipinski definition) is 1. The summed E-state index contributed by atoms with van der Waals surface area (Å²) in [6.45, 7) is 3.60. The molecule has 0 atom stereocenters. The maximum atomic E-state index is 13.3. The predicted molar refractivity (Wildman–Crippen MR) is 134 cm³/mol. The molecule has 168 valence electrons. The van der Waals surface area contributed by atoms with Crippen molar-refractivity contribution in [2.75, 3.05) is 24.7 Å². The lowest BCUT2D eigenvalue weighted by atomic mass is 10.2. The van der Waals surface area contributed by atoms with Crippen molar-refractivity contribution in [1.82, 2.24) is 9.80 Å². The number of thiophene rings is 1. The summed E-state index contributed by atoms with van der Waals surface area (Å²) in [5.41, 5.74) is 1.79. The second-order valence-electron chi connectivity index (χ2n) is 7.39. The Bertz CT molecular complexity index is 976. The maximum absolute atomic E-state index is 13.3. The highest BCUT2D eigenvalue weighted by atomic mass is 32.2. The average molecular weight is 468 g/mol. The fourth-order valence-corrected chi connectivity index (χ4v) is 4.42. The molecule has 0 unspecified atom stereocenters. The normalized spacial score (nSPS) is 10.6. The Morgan fingerprint density at radius 1 is 0.938 bits per heavy atom. The summed E-state index contributed by atoms with van der Waals surface area (Å²) in [6.07, 6.45) is 2.79.